The van der Waals surface area contributed by atoms with E-state index in [1.54, 1.807) is 0 Å². The summed E-state index contributed by atoms with van der Waals surface area (Å²) in [6.07, 6.45) is 11.1. The van der Waals surface area contributed by atoms with Crippen molar-refractivity contribution < 1.29 is 14.3 Å². The van der Waals surface area contributed by atoms with Gasteiger partial charge in [0.05, 0.1) is 12.7 Å². The van der Waals surface area contributed by atoms with Crippen molar-refractivity contribution in [3.8, 4) is 0 Å². The molecule has 5 nitrogen and oxygen atoms in total. The largest absolute Gasteiger partial charge is 0.376 e. The minimum absolute atomic E-state index is 0.0246. The molecule has 5 heteroatoms. The van der Waals surface area contributed by atoms with Crippen LogP contribution in [0.2, 0.25) is 0 Å². The van der Waals surface area contributed by atoms with Crippen LogP contribution in [-0.4, -0.2) is 50.5 Å². The van der Waals surface area contributed by atoms with Crippen molar-refractivity contribution >= 4 is 5.91 Å². The van der Waals surface area contributed by atoms with Crippen LogP contribution in [0.1, 0.15) is 64.7 Å². The number of hydrogen-bond donors (Lipinski definition) is 2. The molecule has 0 aromatic rings. The SMILES string of the molecule is CC(OCC1CCCCO1)C(=O)NCCNC1CCCCCC1. The van der Waals surface area contributed by atoms with Crippen LogP contribution in [0.4, 0.5) is 0 Å². The van der Waals surface area contributed by atoms with Crippen LogP contribution in [0.5, 0.6) is 0 Å². The molecule has 2 aliphatic rings. The van der Waals surface area contributed by atoms with E-state index in [1.165, 1.54) is 44.9 Å². The van der Waals surface area contributed by atoms with Crippen LogP contribution in [0.25, 0.3) is 0 Å². The summed E-state index contributed by atoms with van der Waals surface area (Å²) in [7, 11) is 0. The van der Waals surface area contributed by atoms with E-state index in [9.17, 15) is 4.79 Å². The first kappa shape index (κ1) is 18.7. The van der Waals surface area contributed by atoms with Crippen molar-refractivity contribution in [2.24, 2.45) is 0 Å². The second kappa shape index (κ2) is 11.0. The number of carbonyl (C=O) groups excluding carboxylic acids is 1. The van der Waals surface area contributed by atoms with E-state index in [1.807, 2.05) is 6.92 Å². The zero-order valence-electron chi connectivity index (χ0n) is 14.6. The summed E-state index contributed by atoms with van der Waals surface area (Å²) in [5, 5.41) is 6.52. The van der Waals surface area contributed by atoms with Gasteiger partial charge in [0.15, 0.2) is 0 Å². The quantitative estimate of drug-likeness (QED) is 0.531. The van der Waals surface area contributed by atoms with Crippen LogP contribution >= 0.6 is 0 Å². The molecule has 0 spiro atoms. The summed E-state index contributed by atoms with van der Waals surface area (Å²) >= 11 is 0. The Bertz CT molecular complexity index is 324. The lowest BCUT2D eigenvalue weighted by molar-refractivity contribution is -0.135. The van der Waals surface area contributed by atoms with E-state index >= 15 is 0 Å². The number of rotatable bonds is 8. The maximum absolute atomic E-state index is 12.0. The summed E-state index contributed by atoms with van der Waals surface area (Å²) in [6, 6.07) is 0.631. The van der Waals surface area contributed by atoms with Crippen molar-refractivity contribution in [2.45, 2.75) is 83.0 Å². The van der Waals surface area contributed by atoms with Crippen LogP contribution in [0.15, 0.2) is 0 Å². The number of amides is 1. The van der Waals surface area contributed by atoms with Gasteiger partial charge in [0.25, 0.3) is 0 Å². The predicted molar refractivity (Wildman–Crippen MR) is 91.5 cm³/mol. The number of carbonyl (C=O) groups is 1. The van der Waals surface area contributed by atoms with Gasteiger partial charge in [-0.15, -0.1) is 0 Å². The third-order valence-electron chi connectivity index (χ3n) is 4.89. The van der Waals surface area contributed by atoms with Crippen molar-refractivity contribution in [1.82, 2.24) is 10.6 Å². The van der Waals surface area contributed by atoms with Crippen molar-refractivity contribution in [1.29, 1.82) is 0 Å². The smallest absolute Gasteiger partial charge is 0.248 e. The number of nitrogens with one attached hydrogen (secondary N) is 2. The molecule has 2 atom stereocenters. The van der Waals surface area contributed by atoms with Crippen molar-refractivity contribution in [2.75, 3.05) is 26.3 Å². The van der Waals surface area contributed by atoms with Gasteiger partial charge in [-0.2, -0.15) is 0 Å². The molecular weight excluding hydrogens is 292 g/mol. The van der Waals surface area contributed by atoms with Gasteiger partial charge in [-0.3, -0.25) is 4.79 Å². The van der Waals surface area contributed by atoms with Crippen LogP contribution in [-0.2, 0) is 14.3 Å². The average molecular weight is 326 g/mol. The zero-order chi connectivity index (χ0) is 16.3. The van der Waals surface area contributed by atoms with E-state index in [0.717, 1.165) is 26.0 Å². The normalized spacial score (nSPS) is 24.8. The van der Waals surface area contributed by atoms with Crippen molar-refractivity contribution in [3.63, 3.8) is 0 Å². The van der Waals surface area contributed by atoms with E-state index in [4.69, 9.17) is 9.47 Å². The van der Waals surface area contributed by atoms with Gasteiger partial charge in [-0.05, 0) is 39.0 Å². The third-order valence-corrected chi connectivity index (χ3v) is 4.89. The molecule has 2 unspecified atom stereocenters. The van der Waals surface area contributed by atoms with E-state index < -0.39 is 6.10 Å². The second-order valence-corrected chi connectivity index (χ2v) is 6.90. The molecule has 23 heavy (non-hydrogen) atoms. The van der Waals surface area contributed by atoms with Gasteiger partial charge in [-0.1, -0.05) is 25.7 Å². The summed E-state index contributed by atoms with van der Waals surface area (Å²) in [6.45, 7) is 4.67. The first-order valence-corrected chi connectivity index (χ1v) is 9.50. The third kappa shape index (κ3) is 7.64. The molecule has 1 amide bonds. The first-order chi connectivity index (χ1) is 11.3. The number of ether oxygens (including phenoxy) is 2. The lowest BCUT2D eigenvalue weighted by Crippen LogP contribution is -2.41. The number of hydrogen-bond acceptors (Lipinski definition) is 4. The average Bonchev–Trinajstić information content (AvgIpc) is 2.86. The standard InChI is InChI=1S/C18H34N2O3/c1-15(23-14-17-10-6-7-13-22-17)18(21)20-12-11-19-16-8-4-2-3-5-9-16/h15-17,19H,2-14H2,1H3,(H,20,21). The van der Waals surface area contributed by atoms with E-state index in [0.29, 0.717) is 19.2 Å². The molecule has 0 bridgehead atoms. The molecule has 0 radical (unpaired) electrons. The molecule has 2 rings (SSSR count). The topological polar surface area (TPSA) is 59.6 Å². The van der Waals surface area contributed by atoms with Crippen LogP contribution in [0, 0.1) is 0 Å². The molecule has 1 saturated heterocycles. The molecule has 0 aromatic carbocycles. The molecule has 0 aromatic heterocycles. The highest BCUT2D eigenvalue weighted by atomic mass is 16.5. The highest BCUT2D eigenvalue weighted by molar-refractivity contribution is 5.80. The molecule has 1 aliphatic heterocycles. The Hall–Kier alpha value is -0.650. The van der Waals surface area contributed by atoms with E-state index in [-0.39, 0.29) is 12.0 Å². The molecule has 2 fully saturated rings. The fourth-order valence-corrected chi connectivity index (χ4v) is 3.36. The fourth-order valence-electron chi connectivity index (χ4n) is 3.36. The Kier molecular flexibility index (Phi) is 8.94. The molecule has 134 valence electrons. The van der Waals surface area contributed by atoms with Gasteiger partial charge in [0.1, 0.15) is 6.10 Å². The Morgan fingerprint density at radius 3 is 2.52 bits per heavy atom. The monoisotopic (exact) mass is 326 g/mol. The first-order valence-electron chi connectivity index (χ1n) is 9.50. The summed E-state index contributed by atoms with van der Waals surface area (Å²) in [4.78, 5) is 12.0. The van der Waals surface area contributed by atoms with Gasteiger partial charge >= 0.3 is 0 Å². The molecule has 1 saturated carbocycles. The zero-order valence-corrected chi connectivity index (χ0v) is 14.6. The van der Waals surface area contributed by atoms with E-state index in [2.05, 4.69) is 10.6 Å². The van der Waals surface area contributed by atoms with Crippen LogP contribution in [0.3, 0.4) is 0 Å². The highest BCUT2D eigenvalue weighted by Crippen LogP contribution is 2.17. The summed E-state index contributed by atoms with van der Waals surface area (Å²) in [5.74, 6) is -0.0246. The Morgan fingerprint density at radius 1 is 1.09 bits per heavy atom. The fraction of sp³-hybridized carbons (Fsp3) is 0.944. The lowest BCUT2D eigenvalue weighted by Gasteiger charge is -2.24. The minimum Gasteiger partial charge on any atom is -0.376 e. The molecular formula is C18H34N2O3. The van der Waals surface area contributed by atoms with Gasteiger partial charge in [-0.25, -0.2) is 0 Å². The maximum Gasteiger partial charge on any atom is 0.248 e. The van der Waals surface area contributed by atoms with Gasteiger partial charge in [0, 0.05) is 25.7 Å². The minimum atomic E-state index is -0.404. The Morgan fingerprint density at radius 2 is 1.83 bits per heavy atom. The Balaban J connectivity index is 1.51. The predicted octanol–water partition coefficient (Wildman–Crippen LogP) is 2.39. The lowest BCUT2D eigenvalue weighted by atomic mass is 10.1. The molecule has 2 N–H and O–H groups in total. The molecule has 1 heterocycles. The highest BCUT2D eigenvalue weighted by Gasteiger charge is 2.18. The summed E-state index contributed by atoms with van der Waals surface area (Å²) in [5.41, 5.74) is 0. The van der Waals surface area contributed by atoms with Gasteiger partial charge in [0.2, 0.25) is 5.91 Å². The molecule has 1 aliphatic carbocycles. The van der Waals surface area contributed by atoms with Crippen LogP contribution < -0.4 is 10.6 Å². The van der Waals surface area contributed by atoms with Crippen molar-refractivity contribution in [3.05, 3.63) is 0 Å². The second-order valence-electron chi connectivity index (χ2n) is 6.90. The maximum atomic E-state index is 12.0. The van der Waals surface area contributed by atoms with Gasteiger partial charge < -0.3 is 20.1 Å². The Labute approximate surface area is 140 Å². The summed E-state index contributed by atoms with van der Waals surface area (Å²) < 4.78 is 11.3.